The molecule has 1 aliphatic rings. The number of rotatable bonds is 5. The fraction of sp³-hybridized carbons (Fsp3) is 0.105. The quantitative estimate of drug-likeness (QED) is 0.404. The van der Waals surface area contributed by atoms with Crippen LogP contribution in [0.3, 0.4) is 0 Å². The number of barbiturate groups is 1. The lowest BCUT2D eigenvalue weighted by Crippen LogP contribution is -2.58. The number of hydrogen-bond donors (Lipinski definition) is 2. The van der Waals surface area contributed by atoms with Gasteiger partial charge in [-0.2, -0.15) is 5.10 Å². The number of nitrogens with one attached hydrogen (secondary N) is 2. The molecule has 3 rings (SSSR count). The first-order valence-corrected chi connectivity index (χ1v) is 9.12. The van der Waals surface area contributed by atoms with E-state index in [4.69, 9.17) is 4.74 Å². The van der Waals surface area contributed by atoms with E-state index in [1.165, 1.54) is 19.2 Å². The molecule has 1 fully saturated rings. The van der Waals surface area contributed by atoms with Crippen molar-refractivity contribution in [2.75, 3.05) is 12.0 Å². The summed E-state index contributed by atoms with van der Waals surface area (Å²) < 4.78 is 5.78. The molecule has 1 aliphatic heterocycles. The zero-order chi connectivity index (χ0) is 21.0. The van der Waals surface area contributed by atoms with Crippen molar-refractivity contribution in [2.45, 2.75) is 0 Å². The Morgan fingerprint density at radius 1 is 1.14 bits per heavy atom. The summed E-state index contributed by atoms with van der Waals surface area (Å²) in [4.78, 5) is 49.8. The zero-order valence-electron chi connectivity index (χ0n) is 15.1. The summed E-state index contributed by atoms with van der Waals surface area (Å²) in [7, 11) is 1.51. The summed E-state index contributed by atoms with van der Waals surface area (Å²) in [5.41, 5.74) is 2.86. The van der Waals surface area contributed by atoms with E-state index in [2.05, 4.69) is 31.8 Å². The predicted octanol–water partition coefficient (Wildman–Crippen LogP) is 2.07. The molecule has 10 heteroatoms. The van der Waals surface area contributed by atoms with Crippen molar-refractivity contribution in [2.24, 2.45) is 11.0 Å². The number of anilines is 1. The minimum absolute atomic E-state index is 0.295. The van der Waals surface area contributed by atoms with E-state index in [0.29, 0.717) is 17.0 Å². The molecule has 0 aliphatic carbocycles. The van der Waals surface area contributed by atoms with Crippen LogP contribution in [0, 0.1) is 5.92 Å². The fourth-order valence-corrected chi connectivity index (χ4v) is 2.80. The lowest BCUT2D eigenvalue weighted by molar-refractivity contribution is -0.131. The Bertz CT molecular complexity index is 989. The third-order valence-corrected chi connectivity index (χ3v) is 4.56. The van der Waals surface area contributed by atoms with E-state index in [1.54, 1.807) is 36.4 Å². The van der Waals surface area contributed by atoms with Crippen molar-refractivity contribution in [1.82, 2.24) is 10.7 Å². The van der Waals surface area contributed by atoms with Crippen LogP contribution in [0.1, 0.15) is 10.4 Å². The molecular weight excluding hydrogens is 444 g/mol. The largest absolute Gasteiger partial charge is 0.497 e. The van der Waals surface area contributed by atoms with Gasteiger partial charge in [0.05, 0.1) is 12.8 Å². The van der Waals surface area contributed by atoms with Crippen LogP contribution in [-0.4, -0.2) is 37.1 Å². The number of hydrazone groups is 1. The Balaban J connectivity index is 1.72. The second-order valence-corrected chi connectivity index (χ2v) is 6.79. The van der Waals surface area contributed by atoms with Gasteiger partial charge in [0.15, 0.2) is 5.92 Å². The number of urea groups is 1. The minimum Gasteiger partial charge on any atom is -0.497 e. The van der Waals surface area contributed by atoms with E-state index < -0.39 is 29.7 Å². The average molecular weight is 459 g/mol. The molecule has 148 valence electrons. The van der Waals surface area contributed by atoms with Crippen LogP contribution >= 0.6 is 15.9 Å². The number of ether oxygens (including phenoxy) is 1. The number of amides is 5. The first-order chi connectivity index (χ1) is 13.9. The number of carbonyl (C=O) groups excluding carboxylic acids is 4. The first kappa shape index (κ1) is 20.2. The van der Waals surface area contributed by atoms with Gasteiger partial charge in [-0.3, -0.25) is 19.7 Å². The van der Waals surface area contributed by atoms with Crippen LogP contribution in [0.15, 0.2) is 58.1 Å². The molecule has 5 amide bonds. The van der Waals surface area contributed by atoms with Crippen LogP contribution in [-0.2, 0) is 9.59 Å². The molecule has 1 heterocycles. The number of methoxy groups -OCH3 is 1. The van der Waals surface area contributed by atoms with E-state index in [0.717, 1.165) is 15.6 Å². The SMILES string of the molecule is COc1ccc(C(=O)NN=CC2C(=O)NC(=O)N(c3ccc(Br)cc3)C2=O)cc1. The summed E-state index contributed by atoms with van der Waals surface area (Å²) >= 11 is 3.27. The fourth-order valence-electron chi connectivity index (χ4n) is 2.53. The van der Waals surface area contributed by atoms with Crippen LogP contribution in [0.2, 0.25) is 0 Å². The molecule has 0 saturated carbocycles. The lowest BCUT2D eigenvalue weighted by Gasteiger charge is -2.28. The molecule has 0 aromatic heterocycles. The highest BCUT2D eigenvalue weighted by atomic mass is 79.9. The molecule has 0 bridgehead atoms. The summed E-state index contributed by atoms with van der Waals surface area (Å²) in [6, 6.07) is 11.9. The van der Waals surface area contributed by atoms with Crippen LogP contribution < -0.4 is 20.4 Å². The van der Waals surface area contributed by atoms with Gasteiger partial charge in [0.1, 0.15) is 5.75 Å². The highest BCUT2D eigenvalue weighted by molar-refractivity contribution is 9.10. The maximum Gasteiger partial charge on any atom is 0.335 e. The second-order valence-electron chi connectivity index (χ2n) is 5.87. The summed E-state index contributed by atoms with van der Waals surface area (Å²) in [5, 5.41) is 5.80. The van der Waals surface area contributed by atoms with E-state index in [-0.39, 0.29) is 0 Å². The number of hydrogen-bond acceptors (Lipinski definition) is 6. The first-order valence-electron chi connectivity index (χ1n) is 8.32. The second kappa shape index (κ2) is 8.65. The van der Waals surface area contributed by atoms with Gasteiger partial charge in [0.2, 0.25) is 5.91 Å². The Morgan fingerprint density at radius 2 is 1.79 bits per heavy atom. The van der Waals surface area contributed by atoms with Gasteiger partial charge < -0.3 is 4.74 Å². The third-order valence-electron chi connectivity index (χ3n) is 4.03. The van der Waals surface area contributed by atoms with Gasteiger partial charge >= 0.3 is 6.03 Å². The lowest BCUT2D eigenvalue weighted by atomic mass is 10.1. The van der Waals surface area contributed by atoms with E-state index in [9.17, 15) is 19.2 Å². The van der Waals surface area contributed by atoms with Crippen molar-refractivity contribution >= 4 is 51.6 Å². The maximum atomic E-state index is 12.7. The van der Waals surface area contributed by atoms with Crippen molar-refractivity contribution in [3.8, 4) is 5.75 Å². The summed E-state index contributed by atoms with van der Waals surface area (Å²) in [6.07, 6.45) is 0.984. The zero-order valence-corrected chi connectivity index (χ0v) is 16.7. The molecule has 1 atom stereocenters. The Labute approximate surface area is 173 Å². The monoisotopic (exact) mass is 458 g/mol. The number of carbonyl (C=O) groups is 4. The Morgan fingerprint density at radius 3 is 2.41 bits per heavy atom. The highest BCUT2D eigenvalue weighted by Gasteiger charge is 2.40. The maximum absolute atomic E-state index is 12.7. The average Bonchev–Trinajstić information content (AvgIpc) is 2.71. The number of imide groups is 2. The van der Waals surface area contributed by atoms with Crippen molar-refractivity contribution in [1.29, 1.82) is 0 Å². The van der Waals surface area contributed by atoms with Crippen molar-refractivity contribution < 1.29 is 23.9 Å². The molecule has 0 radical (unpaired) electrons. The van der Waals surface area contributed by atoms with Crippen LogP contribution in [0.4, 0.5) is 10.5 Å². The molecule has 2 N–H and O–H groups in total. The van der Waals surface area contributed by atoms with E-state index in [1.807, 2.05) is 0 Å². The summed E-state index contributed by atoms with van der Waals surface area (Å²) in [6.45, 7) is 0. The van der Waals surface area contributed by atoms with Crippen molar-refractivity contribution in [3.63, 3.8) is 0 Å². The number of nitrogens with zero attached hydrogens (tertiary/aromatic N) is 2. The van der Waals surface area contributed by atoms with Gasteiger partial charge in [0.25, 0.3) is 11.8 Å². The Hall–Kier alpha value is -3.53. The van der Waals surface area contributed by atoms with Crippen molar-refractivity contribution in [3.05, 3.63) is 58.6 Å². The molecule has 2 aromatic rings. The predicted molar refractivity (Wildman–Crippen MR) is 108 cm³/mol. The smallest absolute Gasteiger partial charge is 0.335 e. The molecular formula is C19H15BrN4O5. The molecule has 29 heavy (non-hydrogen) atoms. The molecule has 0 spiro atoms. The normalized spacial score (nSPS) is 16.7. The number of benzene rings is 2. The van der Waals surface area contributed by atoms with Gasteiger partial charge in [-0.15, -0.1) is 0 Å². The molecule has 1 unspecified atom stereocenters. The van der Waals surface area contributed by atoms with Gasteiger partial charge in [0, 0.05) is 16.3 Å². The molecule has 1 saturated heterocycles. The standard InChI is InChI=1S/C19H15BrN4O5/c1-29-14-8-2-11(3-9-14)16(25)23-21-10-15-17(26)22-19(28)24(18(15)27)13-6-4-12(20)5-7-13/h2-10,15H,1H3,(H,23,25)(H,22,26,28). The Kier molecular flexibility index (Phi) is 6.03. The van der Waals surface area contributed by atoms with Gasteiger partial charge in [-0.25, -0.2) is 15.1 Å². The summed E-state index contributed by atoms with van der Waals surface area (Å²) in [5.74, 6) is -2.91. The van der Waals surface area contributed by atoms with Gasteiger partial charge in [-0.1, -0.05) is 15.9 Å². The van der Waals surface area contributed by atoms with E-state index >= 15 is 0 Å². The minimum atomic E-state index is -1.37. The number of halogens is 1. The van der Waals surface area contributed by atoms with Gasteiger partial charge in [-0.05, 0) is 48.5 Å². The van der Waals surface area contributed by atoms with Crippen LogP contribution in [0.25, 0.3) is 0 Å². The molecule has 9 nitrogen and oxygen atoms in total. The third kappa shape index (κ3) is 4.49. The topological polar surface area (TPSA) is 117 Å². The molecule has 2 aromatic carbocycles. The highest BCUT2D eigenvalue weighted by Crippen LogP contribution is 2.22. The van der Waals surface area contributed by atoms with Crippen LogP contribution in [0.5, 0.6) is 5.75 Å².